The first-order chi connectivity index (χ1) is 33.8. The lowest BCUT2D eigenvalue weighted by molar-refractivity contribution is 0.664. The van der Waals surface area contributed by atoms with Crippen molar-refractivity contribution < 1.29 is 0 Å². The van der Waals surface area contributed by atoms with Crippen LogP contribution in [0.25, 0.3) is 44.8 Å². The Hall–Kier alpha value is -7.34. The molecule has 352 valence electrons. The summed E-state index contributed by atoms with van der Waals surface area (Å²) in [5.41, 5.74) is 27.9. The van der Waals surface area contributed by atoms with E-state index in [4.69, 9.17) is 0 Å². The quantitative estimate of drug-likeness (QED) is 0.113. The van der Waals surface area contributed by atoms with Gasteiger partial charge in [-0.3, -0.25) is 0 Å². The van der Waals surface area contributed by atoms with Crippen LogP contribution in [0.4, 0.5) is 28.4 Å². The van der Waals surface area contributed by atoms with E-state index in [2.05, 4.69) is 263 Å². The molecule has 70 heavy (non-hydrogen) atoms. The molecule has 8 aromatic rings. The summed E-state index contributed by atoms with van der Waals surface area (Å²) in [6.07, 6.45) is 17.2. The van der Waals surface area contributed by atoms with Crippen LogP contribution in [0.5, 0.6) is 0 Å². The van der Waals surface area contributed by atoms with Gasteiger partial charge in [-0.15, -0.1) is 12.8 Å². The van der Waals surface area contributed by atoms with E-state index in [1.807, 2.05) is 0 Å². The molecule has 8 aromatic carbocycles. The van der Waals surface area contributed by atoms with Gasteiger partial charge in [0.05, 0.1) is 28.4 Å². The van der Waals surface area contributed by atoms with Gasteiger partial charge in [-0.2, -0.15) is 0 Å². The van der Waals surface area contributed by atoms with E-state index < -0.39 is 0 Å². The predicted octanol–water partition coefficient (Wildman–Crippen LogP) is 19.3. The van der Waals surface area contributed by atoms with E-state index in [0.717, 1.165) is 12.8 Å². The summed E-state index contributed by atoms with van der Waals surface area (Å²) in [7, 11) is 0. The molecular formula is C68H70N2. The van der Waals surface area contributed by atoms with Gasteiger partial charge >= 0.3 is 0 Å². The van der Waals surface area contributed by atoms with Gasteiger partial charge in [0.2, 0.25) is 0 Å². The van der Waals surface area contributed by atoms with Crippen LogP contribution in [0.2, 0.25) is 0 Å². The number of nitrogens with zero attached hydrogens (tertiary/aromatic N) is 2. The molecule has 2 nitrogen and oxygen atoms in total. The van der Waals surface area contributed by atoms with E-state index in [1.165, 1.54) is 134 Å². The van der Waals surface area contributed by atoms with Crippen molar-refractivity contribution in [1.29, 1.82) is 0 Å². The van der Waals surface area contributed by atoms with Crippen molar-refractivity contribution in [3.05, 3.63) is 218 Å². The van der Waals surface area contributed by atoms with Crippen LogP contribution in [0.15, 0.2) is 152 Å². The van der Waals surface area contributed by atoms with Crippen LogP contribution in [0, 0.1) is 74.2 Å². The highest BCUT2D eigenvalue weighted by Crippen LogP contribution is 2.52. The zero-order valence-electron chi connectivity index (χ0n) is 43.6. The molecule has 0 saturated heterocycles. The largest absolute Gasteiger partial charge is 0.309 e. The van der Waals surface area contributed by atoms with Crippen LogP contribution in [0.1, 0.15) is 107 Å². The minimum atomic E-state index is 0.290. The molecule has 0 aliphatic heterocycles. The highest BCUT2D eigenvalue weighted by molar-refractivity contribution is 6.08. The molecule has 0 spiro atoms. The van der Waals surface area contributed by atoms with Gasteiger partial charge < -0.3 is 9.80 Å². The van der Waals surface area contributed by atoms with E-state index in [9.17, 15) is 0 Å². The molecule has 1 aliphatic rings. The molecule has 1 aliphatic carbocycles. The highest BCUT2D eigenvalue weighted by Gasteiger charge is 2.31. The molecule has 0 atom stereocenters. The molecule has 0 aromatic heterocycles. The average molecular weight is 915 g/mol. The van der Waals surface area contributed by atoms with Crippen molar-refractivity contribution in [2.75, 3.05) is 9.80 Å². The number of para-hydroxylation sites is 2. The monoisotopic (exact) mass is 915 g/mol. The van der Waals surface area contributed by atoms with Gasteiger partial charge in [0.1, 0.15) is 0 Å². The standard InChI is InChI=1S/C66H68N2.C2H2/c1-41(2)32-39-60(67(63-43(5)22-19-23-44(63)6)65-47(9)33-35-53(49(65)11)51-26-15-13-16-27-51)55-37-38-57-59(42(3)4)40-61(58-31-21-30-56(55)62(57)58)68(64-45(7)24-20-25-46(64)8)66-48(10)34-36-54(50(66)12)52-28-17-14-18-29-52;1-2/h13-29,31,33-42H,30,32H2,1-12H3;1-2H/b60-39+;. The maximum Gasteiger partial charge on any atom is 0.0543 e. The Morgan fingerprint density at radius 1 is 0.543 bits per heavy atom. The molecule has 0 N–H and O–H groups in total. The topological polar surface area (TPSA) is 6.48 Å². The molecule has 2 heteroatoms. The third-order valence-corrected chi connectivity index (χ3v) is 14.4. The maximum absolute atomic E-state index is 4.00. The van der Waals surface area contributed by atoms with Crippen LogP contribution in [-0.4, -0.2) is 0 Å². The Bertz CT molecular complexity index is 3260. The lowest BCUT2D eigenvalue weighted by Crippen LogP contribution is -2.22. The fourth-order valence-corrected chi connectivity index (χ4v) is 11.1. The second kappa shape index (κ2) is 20.7. The fourth-order valence-electron chi connectivity index (χ4n) is 11.1. The number of rotatable bonds is 12. The molecule has 0 bridgehead atoms. The van der Waals surface area contributed by atoms with E-state index in [-0.39, 0.29) is 5.92 Å². The Morgan fingerprint density at radius 2 is 1.04 bits per heavy atom. The highest BCUT2D eigenvalue weighted by atomic mass is 15.2. The molecule has 0 amide bonds. The summed E-state index contributed by atoms with van der Waals surface area (Å²) in [6.45, 7) is 27.8. The van der Waals surface area contributed by atoms with Gasteiger partial charge in [0, 0.05) is 16.8 Å². The van der Waals surface area contributed by atoms with Gasteiger partial charge in [-0.1, -0.05) is 179 Å². The zero-order valence-corrected chi connectivity index (χ0v) is 43.6. The van der Waals surface area contributed by atoms with Gasteiger partial charge in [0.25, 0.3) is 0 Å². The molecule has 0 fully saturated rings. The fraction of sp³-hybridized carbons (Fsp3) is 0.235. The number of benzene rings is 8. The van der Waals surface area contributed by atoms with Crippen LogP contribution in [0.3, 0.4) is 0 Å². The number of aryl methyl sites for hydroxylation is 6. The van der Waals surface area contributed by atoms with Crippen molar-refractivity contribution in [2.24, 2.45) is 5.92 Å². The number of hydrogen-bond donors (Lipinski definition) is 0. The Labute approximate surface area is 420 Å². The molecular weight excluding hydrogens is 845 g/mol. The minimum absolute atomic E-state index is 0.290. The first-order valence-electron chi connectivity index (χ1n) is 25.1. The second-order valence-corrected chi connectivity index (χ2v) is 20.1. The third-order valence-electron chi connectivity index (χ3n) is 14.4. The summed E-state index contributed by atoms with van der Waals surface area (Å²) in [5, 5.41) is 2.70. The Morgan fingerprint density at radius 3 is 1.57 bits per heavy atom. The van der Waals surface area contributed by atoms with Crippen molar-refractivity contribution >= 4 is 51.0 Å². The van der Waals surface area contributed by atoms with Crippen molar-refractivity contribution in [2.45, 2.75) is 102 Å². The van der Waals surface area contributed by atoms with Crippen LogP contribution in [-0.2, 0) is 6.42 Å². The number of terminal acetylenes is 1. The summed E-state index contributed by atoms with van der Waals surface area (Å²) >= 11 is 0. The van der Waals surface area contributed by atoms with Crippen molar-refractivity contribution in [3.63, 3.8) is 0 Å². The smallest absolute Gasteiger partial charge is 0.0543 e. The van der Waals surface area contributed by atoms with Gasteiger partial charge in [-0.05, 0) is 175 Å². The Kier molecular flexibility index (Phi) is 14.5. The van der Waals surface area contributed by atoms with E-state index in [0.29, 0.717) is 5.92 Å². The lowest BCUT2D eigenvalue weighted by Gasteiger charge is -2.37. The molecule has 0 unspecified atom stereocenters. The lowest BCUT2D eigenvalue weighted by atomic mass is 9.82. The number of hydrogen-bond acceptors (Lipinski definition) is 2. The summed E-state index contributed by atoms with van der Waals surface area (Å²) in [5.74, 6) is 0.760. The average Bonchev–Trinajstić information content (AvgIpc) is 3.35. The first-order valence-corrected chi connectivity index (χ1v) is 25.1. The van der Waals surface area contributed by atoms with E-state index >= 15 is 0 Å². The first kappa shape index (κ1) is 49.1. The summed E-state index contributed by atoms with van der Waals surface area (Å²) in [6, 6.07) is 52.1. The number of anilines is 5. The molecule has 0 heterocycles. The summed E-state index contributed by atoms with van der Waals surface area (Å²) < 4.78 is 0. The van der Waals surface area contributed by atoms with Crippen molar-refractivity contribution in [1.82, 2.24) is 0 Å². The molecule has 9 rings (SSSR count). The van der Waals surface area contributed by atoms with Gasteiger partial charge in [-0.25, -0.2) is 0 Å². The normalized spacial score (nSPS) is 12.1. The van der Waals surface area contributed by atoms with E-state index in [1.54, 1.807) is 0 Å². The summed E-state index contributed by atoms with van der Waals surface area (Å²) in [4.78, 5) is 5.28. The zero-order chi connectivity index (χ0) is 50.0. The molecule has 0 radical (unpaired) electrons. The maximum atomic E-state index is 4.00. The molecule has 0 saturated carbocycles. The Balaban J connectivity index is 0.00000325. The third kappa shape index (κ3) is 9.03. The van der Waals surface area contributed by atoms with Gasteiger partial charge in [0.15, 0.2) is 0 Å². The van der Waals surface area contributed by atoms with Crippen LogP contribution < -0.4 is 9.80 Å². The SMILES string of the molecule is C#C.Cc1cccc(C)c1N(/C(=C/CC(C)C)c1ccc2c(C(C)C)cc(N(c3c(C)cccc3C)c3c(C)ccc(-c4ccccc4)c3C)c3c2c1CC=C3)c1c(C)ccc(-c2ccccc2)c1C. The van der Waals surface area contributed by atoms with Crippen molar-refractivity contribution in [3.8, 4) is 35.1 Å². The predicted molar refractivity (Wildman–Crippen MR) is 307 cm³/mol. The second-order valence-electron chi connectivity index (χ2n) is 20.1. The number of allylic oxidation sites excluding steroid dienone is 2. The van der Waals surface area contributed by atoms with Crippen LogP contribution >= 0.6 is 0 Å². The minimum Gasteiger partial charge on any atom is -0.309 e.